The number of nitrogens with zero attached hydrogens (tertiary/aromatic N) is 3. The topological polar surface area (TPSA) is 55.2 Å². The molecular weight excluding hydrogens is 410 g/mol. The van der Waals surface area contributed by atoms with E-state index < -0.39 is 0 Å². The normalized spacial score (nSPS) is 16.3. The number of likely N-dealkylation sites (tertiary alicyclic amines) is 1. The van der Waals surface area contributed by atoms with E-state index >= 15 is 0 Å². The predicted octanol–water partition coefficient (Wildman–Crippen LogP) is 4.78. The van der Waals surface area contributed by atoms with Crippen LogP contribution in [0.4, 0.5) is 0 Å². The van der Waals surface area contributed by atoms with Gasteiger partial charge in [0.05, 0.1) is 23.3 Å². The molecule has 0 saturated carbocycles. The summed E-state index contributed by atoms with van der Waals surface area (Å²) in [4.78, 5) is 32.9. The summed E-state index contributed by atoms with van der Waals surface area (Å²) in [5.74, 6) is 0.129. The maximum Gasteiger partial charge on any atom is 0.261 e. The van der Waals surface area contributed by atoms with Crippen LogP contribution in [0, 0.1) is 0 Å². The number of fused-ring (bicyclic) bond motifs is 1. The lowest BCUT2D eigenvalue weighted by Crippen LogP contribution is -2.43. The van der Waals surface area contributed by atoms with E-state index in [-0.39, 0.29) is 23.4 Å². The van der Waals surface area contributed by atoms with Crippen molar-refractivity contribution in [2.45, 2.75) is 31.2 Å². The SMILES string of the molecule is O=C(CC(c1ccccc1)c1ccccc1)N1CCCC(n2cnc3ccccc3c2=O)C1. The van der Waals surface area contributed by atoms with Gasteiger partial charge in [-0.1, -0.05) is 72.8 Å². The number of para-hydroxylation sites is 1. The summed E-state index contributed by atoms with van der Waals surface area (Å²) in [6.45, 7) is 1.26. The van der Waals surface area contributed by atoms with Gasteiger partial charge in [-0.05, 0) is 36.1 Å². The zero-order valence-corrected chi connectivity index (χ0v) is 18.5. The monoisotopic (exact) mass is 437 g/mol. The van der Waals surface area contributed by atoms with Crippen LogP contribution in [-0.4, -0.2) is 33.4 Å². The third kappa shape index (κ3) is 4.44. The summed E-state index contributed by atoms with van der Waals surface area (Å²) < 4.78 is 1.72. The van der Waals surface area contributed by atoms with Crippen LogP contribution < -0.4 is 5.56 Å². The van der Waals surface area contributed by atoms with Gasteiger partial charge in [-0.2, -0.15) is 0 Å². The van der Waals surface area contributed by atoms with Gasteiger partial charge in [-0.15, -0.1) is 0 Å². The van der Waals surface area contributed by atoms with Crippen molar-refractivity contribution >= 4 is 16.8 Å². The fourth-order valence-corrected chi connectivity index (χ4v) is 4.85. The number of hydrogen-bond acceptors (Lipinski definition) is 3. The first kappa shape index (κ1) is 21.1. The first-order chi connectivity index (χ1) is 16.2. The van der Waals surface area contributed by atoms with Crippen molar-refractivity contribution in [3.8, 4) is 0 Å². The van der Waals surface area contributed by atoms with E-state index in [0.29, 0.717) is 23.9 Å². The molecule has 1 amide bonds. The zero-order chi connectivity index (χ0) is 22.6. The van der Waals surface area contributed by atoms with E-state index in [1.165, 1.54) is 0 Å². The molecule has 1 saturated heterocycles. The standard InChI is InChI=1S/C28H27N3O2/c32-27(18-25(21-10-3-1-4-11-21)22-12-5-2-6-13-22)30-17-9-14-23(19-30)31-20-29-26-16-8-7-15-24(26)28(31)33/h1-8,10-13,15-16,20,23,25H,9,14,17-19H2. The van der Waals surface area contributed by atoms with Crippen LogP contribution in [-0.2, 0) is 4.79 Å². The number of amides is 1. The summed E-state index contributed by atoms with van der Waals surface area (Å²) in [5, 5.41) is 0.622. The highest BCUT2D eigenvalue weighted by Gasteiger charge is 2.28. The summed E-state index contributed by atoms with van der Waals surface area (Å²) in [7, 11) is 0. The Balaban J connectivity index is 1.37. The summed E-state index contributed by atoms with van der Waals surface area (Å²) in [6.07, 6.45) is 3.78. The number of hydrogen-bond donors (Lipinski definition) is 0. The Kier molecular flexibility index (Phi) is 6.03. The molecule has 5 nitrogen and oxygen atoms in total. The van der Waals surface area contributed by atoms with Gasteiger partial charge >= 0.3 is 0 Å². The third-order valence-corrected chi connectivity index (χ3v) is 6.62. The summed E-state index contributed by atoms with van der Waals surface area (Å²) in [5.41, 5.74) is 2.95. The number of aromatic nitrogens is 2. The van der Waals surface area contributed by atoms with Gasteiger partial charge < -0.3 is 4.90 Å². The maximum absolute atomic E-state index is 13.5. The highest BCUT2D eigenvalue weighted by molar-refractivity contribution is 5.78. The molecule has 0 bridgehead atoms. The molecule has 1 aliphatic heterocycles. The van der Waals surface area contributed by atoms with Crippen LogP contribution in [0.3, 0.4) is 0 Å². The smallest absolute Gasteiger partial charge is 0.261 e. The Morgan fingerprint density at radius 3 is 2.24 bits per heavy atom. The minimum atomic E-state index is -0.0563. The van der Waals surface area contributed by atoms with E-state index in [1.807, 2.05) is 65.6 Å². The van der Waals surface area contributed by atoms with E-state index in [0.717, 1.165) is 30.5 Å². The number of benzene rings is 3. The van der Waals surface area contributed by atoms with Crippen molar-refractivity contribution in [3.63, 3.8) is 0 Å². The fraction of sp³-hybridized carbons (Fsp3) is 0.250. The minimum absolute atomic E-state index is 0.00494. The van der Waals surface area contributed by atoms with Gasteiger partial charge in [0, 0.05) is 25.4 Å². The number of carbonyl (C=O) groups excluding carboxylic acids is 1. The molecule has 1 aliphatic rings. The van der Waals surface area contributed by atoms with Crippen molar-refractivity contribution in [2.75, 3.05) is 13.1 Å². The van der Waals surface area contributed by atoms with Crippen LogP contribution in [0.25, 0.3) is 10.9 Å². The summed E-state index contributed by atoms with van der Waals surface area (Å²) >= 11 is 0. The van der Waals surface area contributed by atoms with Crippen LogP contribution in [0.1, 0.15) is 42.3 Å². The molecule has 5 rings (SSSR count). The molecule has 0 radical (unpaired) electrons. The molecule has 1 fully saturated rings. The molecule has 0 N–H and O–H groups in total. The average Bonchev–Trinajstić information content (AvgIpc) is 2.88. The van der Waals surface area contributed by atoms with Gasteiger partial charge in [0.2, 0.25) is 5.91 Å². The van der Waals surface area contributed by atoms with Gasteiger partial charge in [-0.25, -0.2) is 4.98 Å². The Morgan fingerprint density at radius 1 is 0.909 bits per heavy atom. The molecule has 0 spiro atoms. The molecule has 4 aromatic rings. The molecule has 1 aromatic heterocycles. The summed E-state index contributed by atoms with van der Waals surface area (Å²) in [6, 6.07) is 27.8. The van der Waals surface area contributed by atoms with Crippen molar-refractivity contribution in [2.24, 2.45) is 0 Å². The highest BCUT2D eigenvalue weighted by atomic mass is 16.2. The molecule has 0 aliphatic carbocycles. The largest absolute Gasteiger partial charge is 0.341 e. The second kappa shape index (κ2) is 9.41. The molecule has 3 aromatic carbocycles. The lowest BCUT2D eigenvalue weighted by atomic mass is 9.88. The Morgan fingerprint density at radius 2 is 1.55 bits per heavy atom. The fourth-order valence-electron chi connectivity index (χ4n) is 4.85. The second-order valence-electron chi connectivity index (χ2n) is 8.69. The first-order valence-electron chi connectivity index (χ1n) is 11.5. The van der Waals surface area contributed by atoms with E-state index in [4.69, 9.17) is 0 Å². The van der Waals surface area contributed by atoms with Crippen molar-refractivity contribution in [3.05, 3.63) is 113 Å². The van der Waals surface area contributed by atoms with Crippen LogP contribution in [0.5, 0.6) is 0 Å². The maximum atomic E-state index is 13.5. The molecule has 33 heavy (non-hydrogen) atoms. The van der Waals surface area contributed by atoms with Gasteiger partial charge in [0.25, 0.3) is 5.56 Å². The quantitative estimate of drug-likeness (QED) is 0.451. The Bertz CT molecular complexity index is 1260. The molecule has 2 heterocycles. The third-order valence-electron chi connectivity index (χ3n) is 6.62. The lowest BCUT2D eigenvalue weighted by molar-refractivity contribution is -0.133. The number of rotatable bonds is 5. The predicted molar refractivity (Wildman–Crippen MR) is 130 cm³/mol. The van der Waals surface area contributed by atoms with Crippen molar-refractivity contribution in [1.82, 2.24) is 14.5 Å². The number of carbonyl (C=O) groups is 1. The van der Waals surface area contributed by atoms with Gasteiger partial charge in [0.15, 0.2) is 0 Å². The average molecular weight is 438 g/mol. The Hall–Kier alpha value is -3.73. The molecule has 1 unspecified atom stereocenters. The van der Waals surface area contributed by atoms with Gasteiger partial charge in [-0.3, -0.25) is 14.2 Å². The van der Waals surface area contributed by atoms with Crippen LogP contribution >= 0.6 is 0 Å². The number of piperidine rings is 1. The van der Waals surface area contributed by atoms with Gasteiger partial charge in [0.1, 0.15) is 0 Å². The second-order valence-corrected chi connectivity index (χ2v) is 8.69. The lowest BCUT2D eigenvalue weighted by Gasteiger charge is -2.34. The van der Waals surface area contributed by atoms with Crippen LogP contribution in [0.2, 0.25) is 0 Å². The van der Waals surface area contributed by atoms with E-state index in [9.17, 15) is 9.59 Å². The minimum Gasteiger partial charge on any atom is -0.341 e. The highest BCUT2D eigenvalue weighted by Crippen LogP contribution is 2.30. The van der Waals surface area contributed by atoms with Crippen molar-refractivity contribution in [1.29, 1.82) is 0 Å². The van der Waals surface area contributed by atoms with E-state index in [1.54, 1.807) is 10.9 Å². The molecule has 5 heteroatoms. The Labute approximate surface area is 193 Å². The van der Waals surface area contributed by atoms with E-state index in [2.05, 4.69) is 29.2 Å². The zero-order valence-electron chi connectivity index (χ0n) is 18.5. The van der Waals surface area contributed by atoms with Crippen molar-refractivity contribution < 1.29 is 4.79 Å². The van der Waals surface area contributed by atoms with Crippen LogP contribution in [0.15, 0.2) is 96.1 Å². The molecular formula is C28H27N3O2. The molecule has 1 atom stereocenters. The molecule has 166 valence electrons. The first-order valence-corrected chi connectivity index (χ1v) is 11.5.